The van der Waals surface area contributed by atoms with Crippen LogP contribution in [-0.2, 0) is 4.79 Å². The van der Waals surface area contributed by atoms with Crippen molar-refractivity contribution >= 4 is 11.6 Å². The van der Waals surface area contributed by atoms with Gasteiger partial charge in [-0.1, -0.05) is 0 Å². The zero-order valence-corrected chi connectivity index (χ0v) is 14.6. The average Bonchev–Trinajstić information content (AvgIpc) is 3.09. The van der Waals surface area contributed by atoms with E-state index in [4.69, 9.17) is 0 Å². The summed E-state index contributed by atoms with van der Waals surface area (Å²) in [5.74, 6) is -1.33. The maximum Gasteiger partial charge on any atom is 0.239 e. The molecule has 3 fully saturated rings. The number of carbonyl (C=O) groups excluding carboxylic acids is 1. The first-order chi connectivity index (χ1) is 12.0. The summed E-state index contributed by atoms with van der Waals surface area (Å²) in [4.78, 5) is 19.2. The minimum absolute atomic E-state index is 0.0471. The molecule has 3 aliphatic rings. The van der Waals surface area contributed by atoms with Crippen LogP contribution in [0.4, 0.5) is 14.5 Å². The van der Waals surface area contributed by atoms with E-state index in [1.165, 1.54) is 12.1 Å². The number of piperazine rings is 1. The van der Waals surface area contributed by atoms with Gasteiger partial charge in [-0.15, -0.1) is 0 Å². The molecule has 4 rings (SSSR count). The molecule has 0 aromatic heterocycles. The monoisotopic (exact) mass is 349 g/mol. The molecule has 0 saturated carbocycles. The fourth-order valence-corrected chi connectivity index (χ4v) is 4.70. The van der Waals surface area contributed by atoms with E-state index in [9.17, 15) is 13.6 Å². The van der Waals surface area contributed by atoms with Gasteiger partial charge >= 0.3 is 0 Å². The molecule has 0 radical (unpaired) electrons. The molecule has 4 nitrogen and oxygen atoms in total. The van der Waals surface area contributed by atoms with E-state index in [1.807, 2.05) is 6.92 Å². The van der Waals surface area contributed by atoms with Gasteiger partial charge in [-0.05, 0) is 44.7 Å². The van der Waals surface area contributed by atoms with Gasteiger partial charge in [-0.3, -0.25) is 9.69 Å². The molecule has 3 heterocycles. The van der Waals surface area contributed by atoms with Gasteiger partial charge in [0.2, 0.25) is 5.91 Å². The quantitative estimate of drug-likeness (QED) is 0.821. The summed E-state index contributed by atoms with van der Waals surface area (Å²) in [5, 5.41) is 0. The van der Waals surface area contributed by atoms with Crippen molar-refractivity contribution < 1.29 is 13.6 Å². The molecule has 0 N–H and O–H groups in total. The summed E-state index contributed by atoms with van der Waals surface area (Å²) in [6.45, 7) is 5.53. The fourth-order valence-electron chi connectivity index (χ4n) is 4.70. The highest BCUT2D eigenvalue weighted by Crippen LogP contribution is 2.31. The van der Waals surface area contributed by atoms with Gasteiger partial charge < -0.3 is 9.80 Å². The Morgan fingerprint density at radius 1 is 1.00 bits per heavy atom. The lowest BCUT2D eigenvalue weighted by atomic mass is 9.97. The lowest BCUT2D eigenvalue weighted by molar-refractivity contribution is -0.145. The van der Waals surface area contributed by atoms with E-state index >= 15 is 0 Å². The van der Waals surface area contributed by atoms with Crippen molar-refractivity contribution in [1.29, 1.82) is 0 Å². The van der Waals surface area contributed by atoms with Gasteiger partial charge in [0, 0.05) is 50.0 Å². The maximum absolute atomic E-state index is 13.5. The third-order valence-electron chi connectivity index (χ3n) is 6.14. The lowest BCUT2D eigenvalue weighted by Crippen LogP contribution is -2.62. The number of rotatable bonds is 2. The van der Waals surface area contributed by atoms with E-state index in [1.54, 1.807) is 6.07 Å². The zero-order chi connectivity index (χ0) is 17.6. The number of amides is 1. The van der Waals surface area contributed by atoms with E-state index in [0.29, 0.717) is 12.1 Å². The van der Waals surface area contributed by atoms with Crippen molar-refractivity contribution in [3.8, 4) is 0 Å². The Bertz CT molecular complexity index is 660. The van der Waals surface area contributed by atoms with Gasteiger partial charge in [0.05, 0.1) is 6.04 Å². The van der Waals surface area contributed by atoms with Gasteiger partial charge in [0.1, 0.15) is 0 Å². The van der Waals surface area contributed by atoms with Crippen LogP contribution >= 0.6 is 0 Å². The highest BCUT2D eigenvalue weighted by molar-refractivity contribution is 5.83. The van der Waals surface area contributed by atoms with Crippen molar-refractivity contribution in [3.63, 3.8) is 0 Å². The summed E-state index contributed by atoms with van der Waals surface area (Å²) in [5.41, 5.74) is 0.738. The van der Waals surface area contributed by atoms with Crippen LogP contribution in [0.25, 0.3) is 0 Å². The van der Waals surface area contributed by atoms with Crippen molar-refractivity contribution in [2.75, 3.05) is 31.1 Å². The Morgan fingerprint density at radius 3 is 2.48 bits per heavy atom. The highest BCUT2D eigenvalue weighted by Gasteiger charge is 2.43. The Morgan fingerprint density at radius 2 is 1.76 bits per heavy atom. The first-order valence-electron chi connectivity index (χ1n) is 9.31. The third kappa shape index (κ3) is 3.01. The minimum atomic E-state index is -0.805. The highest BCUT2D eigenvalue weighted by atomic mass is 19.2. The van der Waals surface area contributed by atoms with Crippen LogP contribution < -0.4 is 4.90 Å². The smallest absolute Gasteiger partial charge is 0.239 e. The minimum Gasteiger partial charge on any atom is -0.371 e. The topological polar surface area (TPSA) is 26.8 Å². The number of halogens is 2. The normalized spacial score (nSPS) is 28.5. The van der Waals surface area contributed by atoms with Crippen LogP contribution in [0.15, 0.2) is 18.2 Å². The zero-order valence-electron chi connectivity index (χ0n) is 14.6. The molecule has 0 aliphatic carbocycles. The lowest BCUT2D eigenvalue weighted by Gasteiger charge is -2.47. The number of carbonyl (C=O) groups is 1. The first-order valence-corrected chi connectivity index (χ1v) is 9.31. The van der Waals surface area contributed by atoms with Crippen LogP contribution in [0.3, 0.4) is 0 Å². The van der Waals surface area contributed by atoms with Gasteiger partial charge in [0.15, 0.2) is 11.6 Å². The van der Waals surface area contributed by atoms with Crippen molar-refractivity contribution in [2.24, 2.45) is 0 Å². The summed E-state index contributed by atoms with van der Waals surface area (Å²) < 4.78 is 26.6. The molecule has 1 amide bonds. The standard InChI is InChI=1S/C19H25F2N3O/c1-13-19(25)23-8-2-3-16(23)12-24(13)14-6-9-22(10-7-14)15-4-5-17(20)18(21)11-15/h4-5,11,13-14,16H,2-3,6-10,12H2,1H3/t13-,16-/m0/s1. The van der Waals surface area contributed by atoms with E-state index in [-0.39, 0.29) is 11.9 Å². The molecule has 136 valence electrons. The van der Waals surface area contributed by atoms with Gasteiger partial charge in [-0.25, -0.2) is 8.78 Å². The van der Waals surface area contributed by atoms with Crippen LogP contribution in [0.5, 0.6) is 0 Å². The Hall–Kier alpha value is -1.69. The summed E-state index contributed by atoms with van der Waals surface area (Å²) in [6, 6.07) is 4.84. The number of hydrogen-bond acceptors (Lipinski definition) is 3. The molecule has 0 spiro atoms. The fraction of sp³-hybridized carbons (Fsp3) is 0.632. The molecule has 1 aromatic rings. The molecule has 25 heavy (non-hydrogen) atoms. The second kappa shape index (κ2) is 6.56. The number of nitrogens with zero attached hydrogens (tertiary/aromatic N) is 3. The SMILES string of the molecule is C[C@H]1C(=O)N2CCC[C@H]2CN1C1CCN(c2ccc(F)c(F)c2)CC1. The Labute approximate surface area is 147 Å². The summed E-state index contributed by atoms with van der Waals surface area (Å²) >= 11 is 0. The van der Waals surface area contributed by atoms with Crippen molar-refractivity contribution in [2.45, 2.75) is 50.7 Å². The molecule has 3 saturated heterocycles. The molecule has 0 bridgehead atoms. The van der Waals surface area contributed by atoms with Crippen LogP contribution in [0.1, 0.15) is 32.6 Å². The molecule has 1 aromatic carbocycles. The number of piperidine rings is 1. The predicted octanol–water partition coefficient (Wildman–Crippen LogP) is 2.63. The number of hydrogen-bond donors (Lipinski definition) is 0. The van der Waals surface area contributed by atoms with Crippen LogP contribution in [-0.4, -0.2) is 60.0 Å². The Kier molecular flexibility index (Phi) is 4.40. The van der Waals surface area contributed by atoms with Crippen molar-refractivity contribution in [1.82, 2.24) is 9.80 Å². The van der Waals surface area contributed by atoms with E-state index in [0.717, 1.165) is 57.5 Å². The molecule has 6 heteroatoms. The number of benzene rings is 1. The third-order valence-corrected chi connectivity index (χ3v) is 6.14. The van der Waals surface area contributed by atoms with Crippen LogP contribution in [0.2, 0.25) is 0 Å². The predicted molar refractivity (Wildman–Crippen MR) is 92.5 cm³/mol. The number of fused-ring (bicyclic) bond motifs is 1. The summed E-state index contributed by atoms with van der Waals surface area (Å²) in [6.07, 6.45) is 4.13. The molecular weight excluding hydrogens is 324 g/mol. The average molecular weight is 349 g/mol. The van der Waals surface area contributed by atoms with Crippen LogP contribution in [0, 0.1) is 11.6 Å². The number of anilines is 1. The van der Waals surface area contributed by atoms with E-state index < -0.39 is 11.6 Å². The van der Waals surface area contributed by atoms with Gasteiger partial charge in [-0.2, -0.15) is 0 Å². The van der Waals surface area contributed by atoms with Gasteiger partial charge in [0.25, 0.3) is 0 Å². The second-order valence-electron chi connectivity index (χ2n) is 7.52. The summed E-state index contributed by atoms with van der Waals surface area (Å²) in [7, 11) is 0. The van der Waals surface area contributed by atoms with E-state index in [2.05, 4.69) is 14.7 Å². The molecule has 2 atom stereocenters. The maximum atomic E-state index is 13.5. The largest absolute Gasteiger partial charge is 0.371 e. The molecule has 0 unspecified atom stereocenters. The molecule has 3 aliphatic heterocycles. The Balaban J connectivity index is 1.41. The van der Waals surface area contributed by atoms with Crippen molar-refractivity contribution in [3.05, 3.63) is 29.8 Å². The second-order valence-corrected chi connectivity index (χ2v) is 7.52. The first kappa shape index (κ1) is 16.8. The molecular formula is C19H25F2N3O.